The van der Waals surface area contributed by atoms with Gasteiger partial charge < -0.3 is 11.1 Å². The van der Waals surface area contributed by atoms with Crippen LogP contribution in [0.2, 0.25) is 5.02 Å². The summed E-state index contributed by atoms with van der Waals surface area (Å²) in [5, 5.41) is 8.60. The minimum Gasteiger partial charge on any atom is -0.397 e. The molecule has 0 heterocycles. The minimum absolute atomic E-state index is 0.0408. The van der Waals surface area contributed by atoms with Crippen molar-refractivity contribution in [1.82, 2.24) is 0 Å². The average Bonchev–Trinajstić information content (AvgIpc) is 2.35. The third kappa shape index (κ3) is 3.43. The van der Waals surface area contributed by atoms with Crippen molar-refractivity contribution in [3.8, 4) is 0 Å². The van der Waals surface area contributed by atoms with Crippen molar-refractivity contribution in [2.24, 2.45) is 5.14 Å². The van der Waals surface area contributed by atoms with Gasteiger partial charge in [-0.05, 0) is 36.4 Å². The van der Waals surface area contributed by atoms with Crippen LogP contribution in [0.5, 0.6) is 0 Å². The van der Waals surface area contributed by atoms with Crippen LogP contribution in [0.25, 0.3) is 0 Å². The highest BCUT2D eigenvalue weighted by atomic mass is 79.9. The van der Waals surface area contributed by atoms with Gasteiger partial charge in [0.15, 0.2) is 0 Å². The molecule has 0 fully saturated rings. The molecule has 8 heteroatoms. The van der Waals surface area contributed by atoms with Crippen LogP contribution in [0.4, 0.5) is 17.1 Å². The fourth-order valence-electron chi connectivity index (χ4n) is 1.57. The van der Waals surface area contributed by atoms with Gasteiger partial charge >= 0.3 is 0 Å². The predicted molar refractivity (Wildman–Crippen MR) is 84.7 cm³/mol. The Balaban J connectivity index is 2.38. The molecule has 2 aromatic carbocycles. The van der Waals surface area contributed by atoms with Crippen LogP contribution < -0.4 is 16.2 Å². The molecule has 0 unspecified atom stereocenters. The smallest absolute Gasteiger partial charge is 0.238 e. The Morgan fingerprint density at radius 1 is 1.10 bits per heavy atom. The maximum Gasteiger partial charge on any atom is 0.238 e. The van der Waals surface area contributed by atoms with E-state index in [1.54, 1.807) is 18.2 Å². The Hall–Kier alpha value is -1.28. The summed E-state index contributed by atoms with van der Waals surface area (Å²) in [4.78, 5) is -0.0408. The van der Waals surface area contributed by atoms with Crippen molar-refractivity contribution in [2.75, 3.05) is 11.1 Å². The van der Waals surface area contributed by atoms with Crippen molar-refractivity contribution >= 4 is 54.6 Å². The lowest BCUT2D eigenvalue weighted by atomic mass is 10.2. The first-order valence-corrected chi connectivity index (χ1v) is 8.13. The van der Waals surface area contributed by atoms with Gasteiger partial charge in [0.05, 0.1) is 27.0 Å². The van der Waals surface area contributed by atoms with Gasteiger partial charge in [0.25, 0.3) is 0 Å². The summed E-state index contributed by atoms with van der Waals surface area (Å²) in [6.07, 6.45) is 0. The predicted octanol–water partition coefficient (Wildman–Crippen LogP) is 3.08. The number of hydrogen-bond acceptors (Lipinski definition) is 4. The van der Waals surface area contributed by atoms with Crippen molar-refractivity contribution in [2.45, 2.75) is 4.90 Å². The number of primary sulfonamides is 1. The number of anilines is 3. The van der Waals surface area contributed by atoms with Crippen molar-refractivity contribution in [3.63, 3.8) is 0 Å². The number of rotatable bonds is 3. The molecule has 0 aliphatic heterocycles. The molecule has 0 bridgehead atoms. The van der Waals surface area contributed by atoms with Crippen LogP contribution >= 0.6 is 27.5 Å². The van der Waals surface area contributed by atoms with Gasteiger partial charge in [-0.1, -0.05) is 27.5 Å². The Kier molecular flexibility index (Phi) is 4.24. The fourth-order valence-corrected chi connectivity index (χ4v) is 2.64. The number of sulfonamides is 1. The summed E-state index contributed by atoms with van der Waals surface area (Å²) in [5.74, 6) is 0. The van der Waals surface area contributed by atoms with E-state index in [4.69, 9.17) is 22.5 Å². The van der Waals surface area contributed by atoms with E-state index in [-0.39, 0.29) is 10.6 Å². The molecule has 0 saturated carbocycles. The molecule has 0 saturated heterocycles. The van der Waals surface area contributed by atoms with Crippen LogP contribution in [0.15, 0.2) is 45.8 Å². The fraction of sp³-hybridized carbons (Fsp3) is 0. The summed E-state index contributed by atoms with van der Waals surface area (Å²) in [6, 6.07) is 9.52. The molecule has 0 atom stereocenters. The molecule has 5 nitrogen and oxygen atoms in total. The summed E-state index contributed by atoms with van der Waals surface area (Å²) in [7, 11) is -3.77. The lowest BCUT2D eigenvalue weighted by Gasteiger charge is -2.12. The highest BCUT2D eigenvalue weighted by Gasteiger charge is 2.11. The zero-order valence-electron chi connectivity index (χ0n) is 10.1. The van der Waals surface area contributed by atoms with Gasteiger partial charge in [-0.15, -0.1) is 0 Å². The van der Waals surface area contributed by atoms with Crippen LogP contribution in [0, 0.1) is 0 Å². The Labute approximate surface area is 130 Å². The van der Waals surface area contributed by atoms with Gasteiger partial charge in [0, 0.05) is 4.47 Å². The Bertz CT molecular complexity index is 765. The second-order valence-corrected chi connectivity index (χ2v) is 6.93. The standard InChI is InChI=1S/C12H11BrClN3O2S/c13-7-1-3-9(14)12(5-7)17-11-4-2-8(6-10(11)15)20(16,18)19/h1-6,17H,15H2,(H2,16,18,19). The van der Waals surface area contributed by atoms with E-state index in [0.29, 0.717) is 16.4 Å². The number of benzene rings is 2. The Morgan fingerprint density at radius 2 is 1.80 bits per heavy atom. The zero-order chi connectivity index (χ0) is 14.9. The number of halogens is 2. The van der Waals surface area contributed by atoms with E-state index in [0.717, 1.165) is 4.47 Å². The first kappa shape index (κ1) is 15.1. The van der Waals surface area contributed by atoms with E-state index < -0.39 is 10.0 Å². The second kappa shape index (κ2) is 5.61. The van der Waals surface area contributed by atoms with Gasteiger partial charge in [-0.3, -0.25) is 0 Å². The maximum absolute atomic E-state index is 11.2. The third-order valence-corrected chi connectivity index (χ3v) is 4.28. The van der Waals surface area contributed by atoms with Crippen LogP contribution in [-0.2, 0) is 10.0 Å². The van der Waals surface area contributed by atoms with Gasteiger partial charge in [-0.2, -0.15) is 0 Å². The van der Waals surface area contributed by atoms with Crippen LogP contribution in [0.3, 0.4) is 0 Å². The molecule has 2 aromatic rings. The monoisotopic (exact) mass is 375 g/mol. The van der Waals surface area contributed by atoms with Crippen LogP contribution in [0.1, 0.15) is 0 Å². The Morgan fingerprint density at radius 3 is 2.40 bits per heavy atom. The number of nitrogen functional groups attached to an aromatic ring is 1. The molecule has 0 aliphatic rings. The third-order valence-electron chi connectivity index (χ3n) is 2.55. The lowest BCUT2D eigenvalue weighted by molar-refractivity contribution is 0.598. The minimum atomic E-state index is -3.77. The molecule has 0 radical (unpaired) electrons. The highest BCUT2D eigenvalue weighted by molar-refractivity contribution is 9.10. The van der Waals surface area contributed by atoms with Crippen molar-refractivity contribution in [1.29, 1.82) is 0 Å². The summed E-state index contributed by atoms with van der Waals surface area (Å²) in [5.41, 5.74) is 7.26. The zero-order valence-corrected chi connectivity index (χ0v) is 13.3. The lowest BCUT2D eigenvalue weighted by Crippen LogP contribution is -2.12. The quantitative estimate of drug-likeness (QED) is 0.717. The molecule has 20 heavy (non-hydrogen) atoms. The van der Waals surface area contributed by atoms with Gasteiger partial charge in [0.1, 0.15) is 0 Å². The molecule has 0 aliphatic carbocycles. The molecule has 0 amide bonds. The van der Waals surface area contributed by atoms with Gasteiger partial charge in [0.2, 0.25) is 10.0 Å². The molecule has 2 rings (SSSR count). The number of hydrogen-bond donors (Lipinski definition) is 3. The summed E-state index contributed by atoms with van der Waals surface area (Å²) >= 11 is 9.40. The van der Waals surface area contributed by atoms with Crippen molar-refractivity contribution in [3.05, 3.63) is 45.9 Å². The van der Waals surface area contributed by atoms with E-state index in [1.807, 2.05) is 0 Å². The summed E-state index contributed by atoms with van der Waals surface area (Å²) in [6.45, 7) is 0. The SMILES string of the molecule is Nc1cc(S(N)(=O)=O)ccc1Nc1cc(Br)ccc1Cl. The maximum atomic E-state index is 11.2. The van der Waals surface area contributed by atoms with Crippen LogP contribution in [-0.4, -0.2) is 8.42 Å². The first-order valence-electron chi connectivity index (χ1n) is 5.42. The summed E-state index contributed by atoms with van der Waals surface area (Å²) < 4.78 is 23.3. The molecule has 0 spiro atoms. The second-order valence-electron chi connectivity index (χ2n) is 4.04. The molecule has 5 N–H and O–H groups in total. The van der Waals surface area contributed by atoms with E-state index in [1.165, 1.54) is 18.2 Å². The largest absolute Gasteiger partial charge is 0.397 e. The highest BCUT2D eigenvalue weighted by Crippen LogP contribution is 2.31. The number of nitrogens with two attached hydrogens (primary N) is 2. The normalized spacial score (nSPS) is 11.3. The van der Waals surface area contributed by atoms with E-state index >= 15 is 0 Å². The topological polar surface area (TPSA) is 98.2 Å². The first-order chi connectivity index (χ1) is 9.27. The molecule has 106 valence electrons. The molecule has 0 aromatic heterocycles. The molecular weight excluding hydrogens is 366 g/mol. The van der Waals surface area contributed by atoms with E-state index in [9.17, 15) is 8.42 Å². The van der Waals surface area contributed by atoms with E-state index in [2.05, 4.69) is 21.2 Å². The van der Waals surface area contributed by atoms with Gasteiger partial charge in [-0.25, -0.2) is 13.6 Å². The number of nitrogens with one attached hydrogen (secondary N) is 1. The van der Waals surface area contributed by atoms with Crippen molar-refractivity contribution < 1.29 is 8.42 Å². The molecular formula is C12H11BrClN3O2S. The average molecular weight is 377 g/mol.